The summed E-state index contributed by atoms with van der Waals surface area (Å²) in [5, 5.41) is 13.2. The number of nitrogens with one attached hydrogen (secondary N) is 1. The van der Waals surface area contributed by atoms with Crippen LogP contribution in [-0.2, 0) is 11.3 Å². The van der Waals surface area contributed by atoms with Crippen molar-refractivity contribution in [3.8, 4) is 0 Å². The third kappa shape index (κ3) is 4.18. The van der Waals surface area contributed by atoms with Crippen molar-refractivity contribution in [1.29, 1.82) is 0 Å². The Bertz CT molecular complexity index is 612. The SMILES string of the molecule is O=C(NCCn1cccc1)N1CCOC[C@@H]1C[C@@H](O)c1ccco1. The number of rotatable bonds is 6. The van der Waals surface area contributed by atoms with Gasteiger partial charge in [-0.3, -0.25) is 0 Å². The quantitative estimate of drug-likeness (QED) is 0.842. The second-order valence-corrected chi connectivity index (χ2v) is 5.84. The van der Waals surface area contributed by atoms with Gasteiger partial charge in [-0.05, 0) is 24.3 Å². The Kier molecular flexibility index (Phi) is 5.55. The van der Waals surface area contributed by atoms with E-state index in [1.54, 1.807) is 17.0 Å². The molecule has 1 aliphatic rings. The van der Waals surface area contributed by atoms with E-state index < -0.39 is 6.10 Å². The summed E-state index contributed by atoms with van der Waals surface area (Å²) >= 11 is 0. The molecule has 0 bridgehead atoms. The van der Waals surface area contributed by atoms with Crippen LogP contribution in [0.2, 0.25) is 0 Å². The van der Waals surface area contributed by atoms with Crippen LogP contribution in [0, 0.1) is 0 Å². The second kappa shape index (κ2) is 8.03. The fourth-order valence-electron chi connectivity index (χ4n) is 2.88. The van der Waals surface area contributed by atoms with Gasteiger partial charge in [-0.25, -0.2) is 4.79 Å². The number of furan rings is 1. The lowest BCUT2D eigenvalue weighted by molar-refractivity contribution is -0.00967. The number of ether oxygens (including phenoxy) is 1. The van der Waals surface area contributed by atoms with E-state index in [4.69, 9.17) is 9.15 Å². The molecule has 2 atom stereocenters. The van der Waals surface area contributed by atoms with Gasteiger partial charge in [0.25, 0.3) is 0 Å². The molecule has 1 aliphatic heterocycles. The zero-order valence-electron chi connectivity index (χ0n) is 13.5. The molecule has 7 heteroatoms. The highest BCUT2D eigenvalue weighted by Gasteiger charge is 2.30. The van der Waals surface area contributed by atoms with E-state index in [1.807, 2.05) is 29.1 Å². The van der Waals surface area contributed by atoms with E-state index in [9.17, 15) is 9.90 Å². The van der Waals surface area contributed by atoms with E-state index in [-0.39, 0.29) is 12.1 Å². The van der Waals surface area contributed by atoms with Gasteiger partial charge in [0.05, 0.1) is 25.5 Å². The Morgan fingerprint density at radius 2 is 2.21 bits per heavy atom. The van der Waals surface area contributed by atoms with Gasteiger partial charge in [0, 0.05) is 38.4 Å². The standard InChI is InChI=1S/C17H23N3O4/c21-15(16-4-3-10-24-16)12-14-13-23-11-9-20(14)17(22)18-5-8-19-6-1-2-7-19/h1-4,6-7,10,14-15,21H,5,8-9,11-13H2,(H,18,22)/t14-,15+/m0/s1. The summed E-state index contributed by atoms with van der Waals surface area (Å²) in [5.74, 6) is 0.508. The number of hydrogen-bond acceptors (Lipinski definition) is 4. The van der Waals surface area contributed by atoms with Gasteiger partial charge in [0.2, 0.25) is 0 Å². The molecule has 2 aromatic heterocycles. The van der Waals surface area contributed by atoms with Gasteiger partial charge in [-0.2, -0.15) is 0 Å². The summed E-state index contributed by atoms with van der Waals surface area (Å²) < 4.78 is 12.7. The summed E-state index contributed by atoms with van der Waals surface area (Å²) in [6, 6.07) is 7.08. The maximum atomic E-state index is 12.4. The number of morpholine rings is 1. The predicted molar refractivity (Wildman–Crippen MR) is 87.4 cm³/mol. The molecule has 7 nitrogen and oxygen atoms in total. The van der Waals surface area contributed by atoms with Crippen molar-refractivity contribution in [1.82, 2.24) is 14.8 Å². The minimum Gasteiger partial charge on any atom is -0.467 e. The highest BCUT2D eigenvalue weighted by molar-refractivity contribution is 5.74. The van der Waals surface area contributed by atoms with Crippen LogP contribution in [0.15, 0.2) is 47.3 Å². The minimum atomic E-state index is -0.748. The van der Waals surface area contributed by atoms with E-state index in [0.29, 0.717) is 38.5 Å². The van der Waals surface area contributed by atoms with Gasteiger partial charge in [0.1, 0.15) is 11.9 Å². The van der Waals surface area contributed by atoms with E-state index in [2.05, 4.69) is 5.32 Å². The second-order valence-electron chi connectivity index (χ2n) is 5.84. The molecule has 2 N–H and O–H groups in total. The predicted octanol–water partition coefficient (Wildman–Crippen LogP) is 1.62. The number of aliphatic hydroxyl groups is 1. The zero-order chi connectivity index (χ0) is 16.8. The topological polar surface area (TPSA) is 79.9 Å². The largest absolute Gasteiger partial charge is 0.467 e. The van der Waals surface area contributed by atoms with Crippen LogP contribution in [0.25, 0.3) is 0 Å². The number of urea groups is 1. The van der Waals surface area contributed by atoms with Crippen LogP contribution >= 0.6 is 0 Å². The van der Waals surface area contributed by atoms with Gasteiger partial charge < -0.3 is 29.0 Å². The van der Waals surface area contributed by atoms with Crippen LogP contribution in [0.5, 0.6) is 0 Å². The molecular weight excluding hydrogens is 310 g/mol. The molecule has 0 radical (unpaired) electrons. The average molecular weight is 333 g/mol. The Morgan fingerprint density at radius 3 is 2.96 bits per heavy atom. The van der Waals surface area contributed by atoms with Crippen LogP contribution in [0.4, 0.5) is 4.79 Å². The lowest BCUT2D eigenvalue weighted by Gasteiger charge is -2.36. The van der Waals surface area contributed by atoms with Crippen molar-refractivity contribution >= 4 is 6.03 Å². The maximum absolute atomic E-state index is 12.4. The summed E-state index contributed by atoms with van der Waals surface area (Å²) in [7, 11) is 0. The van der Waals surface area contributed by atoms with E-state index >= 15 is 0 Å². The first-order valence-electron chi connectivity index (χ1n) is 8.18. The summed E-state index contributed by atoms with van der Waals surface area (Å²) in [4.78, 5) is 14.2. The van der Waals surface area contributed by atoms with Gasteiger partial charge in [0.15, 0.2) is 0 Å². The van der Waals surface area contributed by atoms with Crippen LogP contribution < -0.4 is 5.32 Å². The molecule has 3 heterocycles. The maximum Gasteiger partial charge on any atom is 0.317 e. The number of aromatic nitrogens is 1. The Hall–Kier alpha value is -2.25. The Balaban J connectivity index is 1.52. The van der Waals surface area contributed by atoms with Gasteiger partial charge >= 0.3 is 6.03 Å². The number of carbonyl (C=O) groups is 1. The molecule has 130 valence electrons. The third-order valence-corrected chi connectivity index (χ3v) is 4.17. The minimum absolute atomic E-state index is 0.123. The van der Waals surface area contributed by atoms with E-state index in [0.717, 1.165) is 6.54 Å². The Morgan fingerprint density at radius 1 is 1.38 bits per heavy atom. The molecule has 0 saturated carbocycles. The Labute approximate surface area is 140 Å². The average Bonchev–Trinajstić information content (AvgIpc) is 3.29. The lowest BCUT2D eigenvalue weighted by Crippen LogP contribution is -2.53. The van der Waals surface area contributed by atoms with Crippen molar-refractivity contribution in [3.05, 3.63) is 48.7 Å². The summed E-state index contributed by atoms with van der Waals surface area (Å²) in [6.45, 7) is 2.73. The molecule has 2 aromatic rings. The first-order valence-corrected chi connectivity index (χ1v) is 8.18. The zero-order valence-corrected chi connectivity index (χ0v) is 13.5. The number of hydrogen-bond donors (Lipinski definition) is 2. The highest BCUT2D eigenvalue weighted by Crippen LogP contribution is 2.23. The molecule has 0 aromatic carbocycles. The first-order chi connectivity index (χ1) is 11.7. The molecule has 0 unspecified atom stereocenters. The monoisotopic (exact) mass is 333 g/mol. The molecule has 1 fully saturated rings. The van der Waals surface area contributed by atoms with Gasteiger partial charge in [-0.15, -0.1) is 0 Å². The number of carbonyl (C=O) groups excluding carboxylic acids is 1. The molecule has 2 amide bonds. The van der Waals surface area contributed by atoms with Crippen molar-refractivity contribution in [3.63, 3.8) is 0 Å². The fourth-order valence-corrected chi connectivity index (χ4v) is 2.88. The smallest absolute Gasteiger partial charge is 0.317 e. The number of amides is 2. The third-order valence-electron chi connectivity index (χ3n) is 4.17. The molecule has 24 heavy (non-hydrogen) atoms. The van der Waals surface area contributed by atoms with Crippen LogP contribution in [0.1, 0.15) is 18.3 Å². The normalized spacial score (nSPS) is 19.2. The molecule has 3 rings (SSSR count). The first kappa shape index (κ1) is 16.6. The van der Waals surface area contributed by atoms with Crippen LogP contribution in [-0.4, -0.2) is 52.9 Å². The molecule has 1 saturated heterocycles. The van der Waals surface area contributed by atoms with Crippen molar-refractivity contribution < 1.29 is 19.1 Å². The summed E-state index contributed by atoms with van der Waals surface area (Å²) in [5.41, 5.74) is 0. The van der Waals surface area contributed by atoms with Crippen molar-refractivity contribution in [2.45, 2.75) is 25.1 Å². The molecular formula is C17H23N3O4. The van der Waals surface area contributed by atoms with E-state index in [1.165, 1.54) is 6.26 Å². The number of nitrogens with zero attached hydrogens (tertiary/aromatic N) is 2. The van der Waals surface area contributed by atoms with Crippen molar-refractivity contribution in [2.75, 3.05) is 26.3 Å². The van der Waals surface area contributed by atoms with Crippen molar-refractivity contribution in [2.24, 2.45) is 0 Å². The highest BCUT2D eigenvalue weighted by atomic mass is 16.5. The summed E-state index contributed by atoms with van der Waals surface area (Å²) in [6.07, 6.45) is 5.09. The van der Waals surface area contributed by atoms with Gasteiger partial charge in [-0.1, -0.05) is 0 Å². The molecule has 0 aliphatic carbocycles. The van der Waals surface area contributed by atoms with Crippen LogP contribution in [0.3, 0.4) is 0 Å². The lowest BCUT2D eigenvalue weighted by atomic mass is 10.1. The fraction of sp³-hybridized carbons (Fsp3) is 0.471. The molecule has 0 spiro atoms. The number of aliphatic hydroxyl groups excluding tert-OH is 1.